The van der Waals surface area contributed by atoms with Gasteiger partial charge < -0.3 is 11.1 Å². The van der Waals surface area contributed by atoms with Crippen LogP contribution in [0.25, 0.3) is 0 Å². The summed E-state index contributed by atoms with van der Waals surface area (Å²) >= 11 is 9.58. The number of halogens is 2. The van der Waals surface area contributed by atoms with Crippen LogP contribution in [0, 0.1) is 5.82 Å². The highest BCUT2D eigenvalue weighted by Crippen LogP contribution is 2.30. The molecular weight excluding hydrogens is 279 g/mol. The molecule has 1 unspecified atom stereocenters. The quantitative estimate of drug-likeness (QED) is 0.838. The third-order valence-electron chi connectivity index (χ3n) is 2.52. The zero-order valence-electron chi connectivity index (χ0n) is 9.21. The van der Waals surface area contributed by atoms with Crippen LogP contribution < -0.4 is 11.1 Å². The molecule has 0 aromatic heterocycles. The Hall–Kier alpha value is -0.260. The van der Waals surface area contributed by atoms with Crippen LogP contribution in [0.3, 0.4) is 0 Å². The van der Waals surface area contributed by atoms with Crippen LogP contribution in [0.5, 0.6) is 0 Å². The van der Waals surface area contributed by atoms with Crippen molar-refractivity contribution in [1.29, 1.82) is 0 Å². The van der Waals surface area contributed by atoms with Crippen LogP contribution in [0.2, 0.25) is 5.02 Å². The first-order valence-corrected chi connectivity index (χ1v) is 7.93. The maximum Gasteiger partial charge on any atom is 0.166 e. The van der Waals surface area contributed by atoms with Crippen molar-refractivity contribution in [2.45, 2.75) is 5.25 Å². The number of hydrogen-bond acceptors (Lipinski definition) is 4. The van der Waals surface area contributed by atoms with Crippen LogP contribution in [0.15, 0.2) is 12.1 Å². The van der Waals surface area contributed by atoms with Crippen molar-refractivity contribution in [1.82, 2.24) is 0 Å². The van der Waals surface area contributed by atoms with Crippen LogP contribution in [-0.2, 0) is 0 Å². The van der Waals surface area contributed by atoms with Crippen LogP contribution in [-0.4, -0.2) is 29.1 Å². The van der Waals surface area contributed by atoms with E-state index in [1.165, 1.54) is 11.8 Å². The third-order valence-corrected chi connectivity index (χ3v) is 5.66. The molecule has 0 saturated carbocycles. The second kappa shape index (κ2) is 6.07. The molecule has 1 aromatic carbocycles. The Balaban J connectivity index is 2.00. The van der Waals surface area contributed by atoms with Crippen molar-refractivity contribution >= 4 is 46.5 Å². The van der Waals surface area contributed by atoms with E-state index in [0.29, 0.717) is 16.6 Å². The van der Waals surface area contributed by atoms with Gasteiger partial charge in [-0.1, -0.05) is 11.6 Å². The van der Waals surface area contributed by atoms with Gasteiger partial charge in [0.05, 0.1) is 16.4 Å². The molecule has 0 spiro atoms. The van der Waals surface area contributed by atoms with E-state index in [4.69, 9.17) is 17.3 Å². The molecule has 0 aliphatic carbocycles. The first kappa shape index (κ1) is 13.2. The Labute approximate surface area is 114 Å². The fraction of sp³-hybridized carbons (Fsp3) is 0.455. The van der Waals surface area contributed by atoms with E-state index in [0.717, 1.165) is 18.1 Å². The highest BCUT2D eigenvalue weighted by molar-refractivity contribution is 8.06. The average Bonchev–Trinajstić information content (AvgIpc) is 2.35. The molecule has 0 bridgehead atoms. The van der Waals surface area contributed by atoms with Crippen LogP contribution in [0.4, 0.5) is 15.8 Å². The van der Waals surface area contributed by atoms with Gasteiger partial charge in [0.2, 0.25) is 0 Å². The Morgan fingerprint density at radius 1 is 1.47 bits per heavy atom. The van der Waals surface area contributed by atoms with Gasteiger partial charge in [-0.25, -0.2) is 4.39 Å². The summed E-state index contributed by atoms with van der Waals surface area (Å²) in [5, 5.41) is 3.68. The molecule has 1 aliphatic heterocycles. The predicted molar refractivity (Wildman–Crippen MR) is 77.9 cm³/mol. The van der Waals surface area contributed by atoms with E-state index in [1.54, 1.807) is 6.07 Å². The van der Waals surface area contributed by atoms with E-state index < -0.39 is 5.82 Å². The molecule has 6 heteroatoms. The first-order valence-electron chi connectivity index (χ1n) is 5.35. The standard InChI is InChI=1S/C11H14ClFN2S2/c12-8-1-2-9(14)11(10(8)13)15-5-7-6-16-3-4-17-7/h1-2,7,15H,3-6,14H2. The summed E-state index contributed by atoms with van der Waals surface area (Å²) < 4.78 is 13.7. The smallest absolute Gasteiger partial charge is 0.166 e. The molecule has 1 fully saturated rings. The summed E-state index contributed by atoms with van der Waals surface area (Å²) in [7, 11) is 0. The van der Waals surface area contributed by atoms with Crippen molar-refractivity contribution in [3.8, 4) is 0 Å². The number of nitrogen functional groups attached to an aromatic ring is 1. The molecule has 2 rings (SSSR count). The molecule has 94 valence electrons. The Morgan fingerprint density at radius 3 is 3.00 bits per heavy atom. The van der Waals surface area contributed by atoms with Gasteiger partial charge in [0.1, 0.15) is 0 Å². The lowest BCUT2D eigenvalue weighted by atomic mass is 10.2. The number of anilines is 2. The maximum atomic E-state index is 13.7. The fourth-order valence-corrected chi connectivity index (χ4v) is 4.38. The summed E-state index contributed by atoms with van der Waals surface area (Å²) in [5.74, 6) is 3.00. The van der Waals surface area contributed by atoms with Gasteiger partial charge in [0.15, 0.2) is 5.82 Å². The minimum Gasteiger partial charge on any atom is -0.397 e. The average molecular weight is 293 g/mol. The van der Waals surface area contributed by atoms with Gasteiger partial charge >= 0.3 is 0 Å². The lowest BCUT2D eigenvalue weighted by Crippen LogP contribution is -2.24. The van der Waals surface area contributed by atoms with E-state index in [1.807, 2.05) is 23.5 Å². The third kappa shape index (κ3) is 3.36. The number of nitrogens with two attached hydrogens (primary N) is 1. The van der Waals surface area contributed by atoms with Crippen molar-refractivity contribution in [2.75, 3.05) is 34.9 Å². The highest BCUT2D eigenvalue weighted by Gasteiger charge is 2.16. The maximum absolute atomic E-state index is 13.7. The first-order chi connectivity index (χ1) is 8.18. The molecule has 1 aromatic rings. The van der Waals surface area contributed by atoms with E-state index >= 15 is 0 Å². The Morgan fingerprint density at radius 2 is 2.29 bits per heavy atom. The summed E-state index contributed by atoms with van der Waals surface area (Å²) in [5.41, 5.74) is 6.46. The van der Waals surface area contributed by atoms with Gasteiger partial charge in [-0.15, -0.1) is 0 Å². The minimum absolute atomic E-state index is 0.104. The SMILES string of the molecule is Nc1ccc(Cl)c(F)c1NCC1CSCCS1. The van der Waals surface area contributed by atoms with E-state index in [-0.39, 0.29) is 5.02 Å². The Kier molecular flexibility index (Phi) is 4.70. The zero-order valence-corrected chi connectivity index (χ0v) is 11.6. The molecule has 3 N–H and O–H groups in total. The molecule has 1 saturated heterocycles. The topological polar surface area (TPSA) is 38.0 Å². The summed E-state index contributed by atoms with van der Waals surface area (Å²) in [6.07, 6.45) is 0. The lowest BCUT2D eigenvalue weighted by Gasteiger charge is -2.22. The van der Waals surface area contributed by atoms with E-state index in [9.17, 15) is 4.39 Å². The number of benzene rings is 1. The van der Waals surface area contributed by atoms with Crippen molar-refractivity contribution < 1.29 is 4.39 Å². The zero-order chi connectivity index (χ0) is 12.3. The van der Waals surface area contributed by atoms with Gasteiger partial charge in [-0.3, -0.25) is 0 Å². The van der Waals surface area contributed by atoms with Gasteiger partial charge in [0, 0.05) is 29.1 Å². The molecule has 2 nitrogen and oxygen atoms in total. The predicted octanol–water partition coefficient (Wildman–Crippen LogP) is 3.32. The molecule has 1 aliphatic rings. The van der Waals surface area contributed by atoms with E-state index in [2.05, 4.69) is 5.32 Å². The fourth-order valence-electron chi connectivity index (χ4n) is 1.62. The van der Waals surface area contributed by atoms with Gasteiger partial charge in [-0.05, 0) is 12.1 Å². The molecule has 0 radical (unpaired) electrons. The highest BCUT2D eigenvalue weighted by atomic mass is 35.5. The molecule has 0 amide bonds. The summed E-state index contributed by atoms with van der Waals surface area (Å²) in [6.45, 7) is 0.721. The molecule has 1 atom stereocenters. The van der Waals surface area contributed by atoms with Gasteiger partial charge in [-0.2, -0.15) is 23.5 Å². The number of thioether (sulfide) groups is 2. The number of rotatable bonds is 3. The molecule has 17 heavy (non-hydrogen) atoms. The van der Waals surface area contributed by atoms with Crippen LogP contribution >= 0.6 is 35.1 Å². The second-order valence-corrected chi connectivity index (χ2v) is 6.74. The lowest BCUT2D eigenvalue weighted by molar-refractivity contribution is 0.631. The number of nitrogens with one attached hydrogen (secondary N) is 1. The van der Waals surface area contributed by atoms with Crippen molar-refractivity contribution in [2.24, 2.45) is 0 Å². The Bertz CT molecular complexity index is 397. The summed E-state index contributed by atoms with van der Waals surface area (Å²) in [6, 6.07) is 3.10. The monoisotopic (exact) mass is 292 g/mol. The number of hydrogen-bond donors (Lipinski definition) is 2. The van der Waals surface area contributed by atoms with Crippen molar-refractivity contribution in [3.63, 3.8) is 0 Å². The van der Waals surface area contributed by atoms with Crippen LogP contribution in [0.1, 0.15) is 0 Å². The largest absolute Gasteiger partial charge is 0.397 e. The molecular formula is C11H14ClFN2S2. The molecule has 1 heterocycles. The van der Waals surface area contributed by atoms with Crippen molar-refractivity contribution in [3.05, 3.63) is 23.0 Å². The second-order valence-electron chi connectivity index (χ2n) is 3.77. The van der Waals surface area contributed by atoms with Gasteiger partial charge in [0.25, 0.3) is 0 Å². The summed E-state index contributed by atoms with van der Waals surface area (Å²) in [4.78, 5) is 0. The normalized spacial score (nSPS) is 20.2. The minimum atomic E-state index is -0.458.